The number of aliphatic hydroxyl groups excluding tert-OH is 1. The highest BCUT2D eigenvalue weighted by atomic mass is 19.1. The number of aliphatic hydroxyl groups is 1. The molecule has 0 fully saturated rings. The van der Waals surface area contributed by atoms with Crippen LogP contribution in [0.15, 0.2) is 41.0 Å². The molecule has 1 heterocycles. The van der Waals surface area contributed by atoms with Crippen molar-refractivity contribution in [3.8, 4) is 5.75 Å². The zero-order valence-electron chi connectivity index (χ0n) is 12.4. The molecule has 0 saturated carbocycles. The maximum atomic E-state index is 13.3. The van der Waals surface area contributed by atoms with Crippen LogP contribution in [0.4, 0.5) is 4.39 Å². The van der Waals surface area contributed by atoms with E-state index in [1.54, 1.807) is 19.1 Å². The SMILES string of the molecule is COc1cc(C(=O)N[C@@H](C)C[C@H](O)c2ccco2)ccc1F. The lowest BCUT2D eigenvalue weighted by Crippen LogP contribution is -2.33. The number of benzene rings is 1. The minimum absolute atomic E-state index is 0.0101. The van der Waals surface area contributed by atoms with Gasteiger partial charge in [-0.15, -0.1) is 0 Å². The van der Waals surface area contributed by atoms with Crippen molar-refractivity contribution in [1.29, 1.82) is 0 Å². The molecule has 0 radical (unpaired) electrons. The first kappa shape index (κ1) is 16.0. The monoisotopic (exact) mass is 307 g/mol. The normalized spacial score (nSPS) is 13.5. The van der Waals surface area contributed by atoms with Crippen LogP contribution >= 0.6 is 0 Å². The van der Waals surface area contributed by atoms with Gasteiger partial charge < -0.3 is 19.6 Å². The van der Waals surface area contributed by atoms with Crippen molar-refractivity contribution in [1.82, 2.24) is 5.32 Å². The Kier molecular flexibility index (Phi) is 5.16. The summed E-state index contributed by atoms with van der Waals surface area (Å²) >= 11 is 0. The highest BCUT2D eigenvalue weighted by Crippen LogP contribution is 2.20. The minimum atomic E-state index is -0.798. The molecule has 0 aliphatic heterocycles. The Morgan fingerprint density at radius 1 is 1.45 bits per heavy atom. The summed E-state index contributed by atoms with van der Waals surface area (Å²) in [5.41, 5.74) is 0.289. The van der Waals surface area contributed by atoms with Crippen LogP contribution in [0.5, 0.6) is 5.75 Å². The first-order valence-corrected chi connectivity index (χ1v) is 6.87. The number of hydrogen-bond acceptors (Lipinski definition) is 4. The first-order valence-electron chi connectivity index (χ1n) is 6.87. The Hall–Kier alpha value is -2.34. The number of carbonyl (C=O) groups is 1. The number of furan rings is 1. The summed E-state index contributed by atoms with van der Waals surface area (Å²) in [5.74, 6) is -0.432. The second kappa shape index (κ2) is 7.09. The maximum absolute atomic E-state index is 13.3. The second-order valence-electron chi connectivity index (χ2n) is 4.99. The van der Waals surface area contributed by atoms with Crippen LogP contribution in [0.1, 0.15) is 35.6 Å². The zero-order valence-corrected chi connectivity index (χ0v) is 12.4. The molecule has 0 aliphatic rings. The fourth-order valence-electron chi connectivity index (χ4n) is 2.10. The van der Waals surface area contributed by atoms with Crippen LogP contribution in [0.2, 0.25) is 0 Å². The summed E-state index contributed by atoms with van der Waals surface area (Å²) in [6.07, 6.45) is 0.984. The number of ether oxygens (including phenoxy) is 1. The third-order valence-electron chi connectivity index (χ3n) is 3.24. The van der Waals surface area contributed by atoms with Gasteiger partial charge in [-0.3, -0.25) is 4.79 Å². The molecular weight excluding hydrogens is 289 g/mol. The van der Waals surface area contributed by atoms with Gasteiger partial charge in [0.05, 0.1) is 13.4 Å². The van der Waals surface area contributed by atoms with Gasteiger partial charge in [0, 0.05) is 18.0 Å². The van der Waals surface area contributed by atoms with E-state index in [9.17, 15) is 14.3 Å². The molecular formula is C16H18FNO4. The van der Waals surface area contributed by atoms with Crippen LogP contribution < -0.4 is 10.1 Å². The van der Waals surface area contributed by atoms with E-state index < -0.39 is 11.9 Å². The van der Waals surface area contributed by atoms with Crippen LogP contribution in [-0.2, 0) is 0 Å². The van der Waals surface area contributed by atoms with Gasteiger partial charge in [-0.05, 0) is 37.3 Å². The molecule has 0 bridgehead atoms. The van der Waals surface area contributed by atoms with E-state index in [0.29, 0.717) is 12.2 Å². The molecule has 0 aliphatic carbocycles. The minimum Gasteiger partial charge on any atom is -0.494 e. The number of methoxy groups -OCH3 is 1. The molecule has 22 heavy (non-hydrogen) atoms. The Bertz CT molecular complexity index is 627. The lowest BCUT2D eigenvalue weighted by Gasteiger charge is -2.17. The number of nitrogens with one attached hydrogen (secondary N) is 1. The van der Waals surface area contributed by atoms with E-state index in [2.05, 4.69) is 5.32 Å². The third-order valence-corrected chi connectivity index (χ3v) is 3.24. The molecule has 0 unspecified atom stereocenters. The highest BCUT2D eigenvalue weighted by Gasteiger charge is 2.17. The second-order valence-corrected chi connectivity index (χ2v) is 4.99. The number of carbonyl (C=O) groups excluding carboxylic acids is 1. The van der Waals surface area contributed by atoms with Gasteiger partial charge in [0.25, 0.3) is 5.91 Å². The largest absolute Gasteiger partial charge is 0.494 e. The molecule has 5 nitrogen and oxygen atoms in total. The van der Waals surface area contributed by atoms with Crippen molar-refractivity contribution in [2.24, 2.45) is 0 Å². The van der Waals surface area contributed by atoms with Crippen LogP contribution in [-0.4, -0.2) is 24.2 Å². The lowest BCUT2D eigenvalue weighted by atomic mass is 10.1. The summed E-state index contributed by atoms with van der Waals surface area (Å²) in [6.45, 7) is 1.77. The van der Waals surface area contributed by atoms with E-state index in [1.807, 2.05) is 0 Å². The lowest BCUT2D eigenvalue weighted by molar-refractivity contribution is 0.0902. The topological polar surface area (TPSA) is 71.7 Å². The molecule has 118 valence electrons. The molecule has 1 aromatic heterocycles. The summed E-state index contributed by atoms with van der Waals surface area (Å²) in [6, 6.07) is 6.96. The van der Waals surface area contributed by atoms with Gasteiger partial charge in [0.1, 0.15) is 11.9 Å². The Morgan fingerprint density at radius 2 is 2.23 bits per heavy atom. The number of halogens is 1. The van der Waals surface area contributed by atoms with Crippen LogP contribution in [0, 0.1) is 5.82 Å². The van der Waals surface area contributed by atoms with Gasteiger partial charge >= 0.3 is 0 Å². The van der Waals surface area contributed by atoms with E-state index in [4.69, 9.17) is 9.15 Å². The Morgan fingerprint density at radius 3 is 2.86 bits per heavy atom. The Labute approximate surface area is 127 Å². The fraction of sp³-hybridized carbons (Fsp3) is 0.312. The van der Waals surface area contributed by atoms with Crippen molar-refractivity contribution in [3.05, 3.63) is 53.7 Å². The van der Waals surface area contributed by atoms with E-state index in [0.717, 1.165) is 0 Å². The van der Waals surface area contributed by atoms with Crippen molar-refractivity contribution in [2.75, 3.05) is 7.11 Å². The molecule has 2 N–H and O–H groups in total. The van der Waals surface area contributed by atoms with E-state index in [-0.39, 0.29) is 23.3 Å². The van der Waals surface area contributed by atoms with Crippen LogP contribution in [0.3, 0.4) is 0 Å². The number of hydrogen-bond donors (Lipinski definition) is 2. The van der Waals surface area contributed by atoms with Gasteiger partial charge in [-0.25, -0.2) is 4.39 Å². The molecule has 1 amide bonds. The van der Waals surface area contributed by atoms with Gasteiger partial charge in [-0.1, -0.05) is 0 Å². The molecule has 0 spiro atoms. The Balaban J connectivity index is 1.96. The molecule has 1 aromatic carbocycles. The van der Waals surface area contributed by atoms with Crippen LogP contribution in [0.25, 0.3) is 0 Å². The smallest absolute Gasteiger partial charge is 0.251 e. The first-order chi connectivity index (χ1) is 10.5. The van der Waals surface area contributed by atoms with Gasteiger partial charge in [-0.2, -0.15) is 0 Å². The van der Waals surface area contributed by atoms with Crippen molar-refractivity contribution in [3.63, 3.8) is 0 Å². The predicted octanol–water partition coefficient (Wildman–Crippen LogP) is 2.67. The third kappa shape index (κ3) is 3.85. The van der Waals surface area contributed by atoms with E-state index in [1.165, 1.54) is 31.6 Å². The van der Waals surface area contributed by atoms with Gasteiger partial charge in [0.2, 0.25) is 0 Å². The molecule has 2 aromatic rings. The fourth-order valence-corrected chi connectivity index (χ4v) is 2.10. The number of amides is 1. The van der Waals surface area contributed by atoms with Gasteiger partial charge in [0.15, 0.2) is 11.6 Å². The summed E-state index contributed by atoms with van der Waals surface area (Å²) in [4.78, 5) is 12.1. The highest BCUT2D eigenvalue weighted by molar-refractivity contribution is 5.94. The summed E-state index contributed by atoms with van der Waals surface area (Å²) in [7, 11) is 1.34. The average molecular weight is 307 g/mol. The maximum Gasteiger partial charge on any atom is 0.251 e. The molecule has 0 saturated heterocycles. The summed E-state index contributed by atoms with van der Waals surface area (Å²) in [5, 5.41) is 12.7. The zero-order chi connectivity index (χ0) is 16.1. The molecule has 2 rings (SSSR count). The predicted molar refractivity (Wildman–Crippen MR) is 78.2 cm³/mol. The van der Waals surface area contributed by atoms with E-state index >= 15 is 0 Å². The average Bonchev–Trinajstić information content (AvgIpc) is 3.01. The standard InChI is InChI=1S/C16H18FNO4/c1-10(8-13(19)14-4-3-7-22-14)18-16(20)11-5-6-12(17)15(9-11)21-2/h3-7,9-10,13,19H,8H2,1-2H3,(H,18,20)/t10-,13-/m0/s1. The number of rotatable bonds is 6. The van der Waals surface area contributed by atoms with Crippen molar-refractivity contribution < 1.29 is 23.4 Å². The quantitative estimate of drug-likeness (QED) is 0.860. The summed E-state index contributed by atoms with van der Waals surface area (Å²) < 4.78 is 23.3. The van der Waals surface area contributed by atoms with Crippen molar-refractivity contribution >= 4 is 5.91 Å². The van der Waals surface area contributed by atoms with Crippen molar-refractivity contribution in [2.45, 2.75) is 25.5 Å². The molecule has 6 heteroatoms. The molecule has 2 atom stereocenters.